The minimum atomic E-state index is -0.932. The molecule has 0 aliphatic rings. The van der Waals surface area contributed by atoms with E-state index in [1.807, 2.05) is 0 Å². The van der Waals surface area contributed by atoms with E-state index < -0.39 is 17.5 Å². The molecule has 2 N–H and O–H groups in total. The van der Waals surface area contributed by atoms with Gasteiger partial charge in [-0.05, 0) is 37.3 Å². The number of phenolic OH excluding ortho intramolecular Hbond substituents is 1. The molecule has 5 nitrogen and oxygen atoms in total. The lowest BCUT2D eigenvalue weighted by Crippen LogP contribution is -2.20. The summed E-state index contributed by atoms with van der Waals surface area (Å²) in [5, 5.41) is 14.3. The molecule has 0 atom stereocenters. The minimum absolute atomic E-state index is 0.0668. The molecule has 0 radical (unpaired) electrons. The van der Waals surface area contributed by atoms with Crippen LogP contribution in [0.5, 0.6) is 5.75 Å². The van der Waals surface area contributed by atoms with Gasteiger partial charge in [-0.3, -0.25) is 4.79 Å². The van der Waals surface area contributed by atoms with Crippen molar-refractivity contribution in [2.45, 2.75) is 6.92 Å². The minimum Gasteiger partial charge on any atom is -0.507 e. The van der Waals surface area contributed by atoms with Gasteiger partial charge in [-0.15, -0.1) is 0 Å². The van der Waals surface area contributed by atoms with Crippen molar-refractivity contribution in [1.29, 1.82) is 0 Å². The number of hydrogen-bond donors (Lipinski definition) is 2. The molecule has 0 saturated carbocycles. The molecule has 0 aliphatic heterocycles. The number of amides is 1. The van der Waals surface area contributed by atoms with Crippen LogP contribution in [0.2, 0.25) is 0 Å². The van der Waals surface area contributed by atoms with Crippen LogP contribution in [0.15, 0.2) is 46.0 Å². The van der Waals surface area contributed by atoms with Crippen molar-refractivity contribution in [3.63, 3.8) is 0 Å². The van der Waals surface area contributed by atoms with E-state index in [4.69, 9.17) is 0 Å². The number of aryl methyl sites for hydroxylation is 1. The number of aromatic hydroxyl groups is 1. The van der Waals surface area contributed by atoms with Crippen molar-refractivity contribution in [3.8, 4) is 5.75 Å². The molecule has 0 spiro atoms. The second-order valence-corrected chi connectivity index (χ2v) is 6.63. The summed E-state index contributed by atoms with van der Waals surface area (Å²) >= 11 is 3.23. The molecular formula is C18H14BrF2N3O2. The van der Waals surface area contributed by atoms with E-state index in [9.17, 15) is 18.7 Å². The van der Waals surface area contributed by atoms with Crippen LogP contribution in [-0.2, 0) is 7.05 Å². The van der Waals surface area contributed by atoms with Gasteiger partial charge in [0.15, 0.2) is 11.6 Å². The lowest BCUT2D eigenvalue weighted by Gasteiger charge is -2.06. The summed E-state index contributed by atoms with van der Waals surface area (Å²) in [5.41, 5.74) is 3.96. The van der Waals surface area contributed by atoms with Crippen LogP contribution in [0.1, 0.15) is 23.0 Å². The lowest BCUT2D eigenvalue weighted by molar-refractivity contribution is 0.0952. The number of carbonyl (C=O) groups is 1. The maximum absolute atomic E-state index is 13.4. The first-order valence-electron chi connectivity index (χ1n) is 7.56. The van der Waals surface area contributed by atoms with Gasteiger partial charge in [0.1, 0.15) is 5.75 Å². The van der Waals surface area contributed by atoms with E-state index >= 15 is 0 Å². The van der Waals surface area contributed by atoms with Gasteiger partial charge >= 0.3 is 0 Å². The van der Waals surface area contributed by atoms with Crippen LogP contribution in [0.4, 0.5) is 8.78 Å². The first kappa shape index (κ1) is 18.1. The molecule has 8 heteroatoms. The molecule has 1 amide bonds. The van der Waals surface area contributed by atoms with Crippen LogP contribution >= 0.6 is 15.9 Å². The van der Waals surface area contributed by atoms with E-state index in [-0.39, 0.29) is 11.3 Å². The normalized spacial score (nSPS) is 11.8. The van der Waals surface area contributed by atoms with Crippen molar-refractivity contribution in [2.24, 2.45) is 12.1 Å². The van der Waals surface area contributed by atoms with E-state index in [1.54, 1.807) is 30.7 Å². The second kappa shape index (κ2) is 6.87. The zero-order valence-electron chi connectivity index (χ0n) is 13.8. The molecule has 3 aromatic rings. The van der Waals surface area contributed by atoms with Crippen LogP contribution in [-0.4, -0.2) is 21.3 Å². The number of hydrogen-bond acceptors (Lipinski definition) is 3. The highest BCUT2D eigenvalue weighted by molar-refractivity contribution is 9.10. The molecule has 3 rings (SSSR count). The van der Waals surface area contributed by atoms with Crippen LogP contribution in [0.25, 0.3) is 10.9 Å². The molecule has 134 valence electrons. The number of hydrazone groups is 1. The zero-order chi connectivity index (χ0) is 19.0. The Kier molecular flexibility index (Phi) is 4.78. The first-order valence-corrected chi connectivity index (χ1v) is 8.35. The zero-order valence-corrected chi connectivity index (χ0v) is 15.4. The van der Waals surface area contributed by atoms with Gasteiger partial charge in [0.25, 0.3) is 5.91 Å². The Morgan fingerprint density at radius 1 is 1.19 bits per heavy atom. The summed E-state index contributed by atoms with van der Waals surface area (Å²) in [4.78, 5) is 12.2. The van der Waals surface area contributed by atoms with Crippen LogP contribution in [0.3, 0.4) is 0 Å². The third-order valence-electron chi connectivity index (χ3n) is 3.98. The van der Waals surface area contributed by atoms with Gasteiger partial charge < -0.3 is 9.67 Å². The number of nitrogens with one attached hydrogen (secondary N) is 1. The standard InChI is InChI=1S/C18H14BrF2N3O2/c1-9(22-23-18(26)12-7-11(19)3-4-17(12)25)15-6-10-5-13(20)14(21)8-16(10)24(15)2/h3-8,25H,1-2H3,(H,23,26). The third-order valence-corrected chi connectivity index (χ3v) is 4.48. The molecule has 1 heterocycles. The molecule has 0 unspecified atom stereocenters. The number of fused-ring (bicyclic) bond motifs is 1. The van der Waals surface area contributed by atoms with E-state index in [2.05, 4.69) is 26.5 Å². The second-order valence-electron chi connectivity index (χ2n) is 5.71. The predicted octanol–water partition coefficient (Wildman–Crippen LogP) is 4.08. The molecular weight excluding hydrogens is 408 g/mol. The summed E-state index contributed by atoms with van der Waals surface area (Å²) in [6.45, 7) is 1.65. The Hall–Kier alpha value is -2.74. The van der Waals surface area contributed by atoms with E-state index in [0.717, 1.165) is 12.1 Å². The maximum Gasteiger partial charge on any atom is 0.275 e. The average Bonchev–Trinajstić information content (AvgIpc) is 2.91. The smallest absolute Gasteiger partial charge is 0.275 e. The molecule has 0 aliphatic carbocycles. The Morgan fingerprint density at radius 2 is 1.88 bits per heavy atom. The Bertz CT molecular complexity index is 1060. The number of rotatable bonds is 3. The highest BCUT2D eigenvalue weighted by atomic mass is 79.9. The van der Waals surface area contributed by atoms with Crippen molar-refractivity contribution in [2.75, 3.05) is 0 Å². The quantitative estimate of drug-likeness (QED) is 0.494. The molecule has 0 fully saturated rings. The van der Waals surface area contributed by atoms with Crippen molar-refractivity contribution < 1.29 is 18.7 Å². The van der Waals surface area contributed by atoms with Crippen molar-refractivity contribution in [1.82, 2.24) is 9.99 Å². The number of phenols is 1. The highest BCUT2D eigenvalue weighted by Crippen LogP contribution is 2.23. The maximum atomic E-state index is 13.4. The van der Waals surface area contributed by atoms with Crippen molar-refractivity contribution >= 4 is 38.5 Å². The first-order chi connectivity index (χ1) is 12.3. The van der Waals surface area contributed by atoms with Crippen LogP contribution in [0, 0.1) is 11.6 Å². The number of aromatic nitrogens is 1. The summed E-state index contributed by atoms with van der Waals surface area (Å²) < 4.78 is 29.1. The molecule has 0 saturated heterocycles. The number of benzene rings is 2. The van der Waals surface area contributed by atoms with Gasteiger partial charge in [0.05, 0.1) is 22.5 Å². The number of halogens is 3. The van der Waals surface area contributed by atoms with Gasteiger partial charge in [-0.2, -0.15) is 5.10 Å². The number of nitrogens with zero attached hydrogens (tertiary/aromatic N) is 2. The Balaban J connectivity index is 1.90. The lowest BCUT2D eigenvalue weighted by atomic mass is 10.2. The van der Waals surface area contributed by atoms with E-state index in [0.29, 0.717) is 26.8 Å². The topological polar surface area (TPSA) is 66.6 Å². The Labute approximate surface area is 156 Å². The average molecular weight is 422 g/mol. The fraction of sp³-hybridized carbons (Fsp3) is 0.111. The molecule has 26 heavy (non-hydrogen) atoms. The van der Waals surface area contributed by atoms with Gasteiger partial charge in [-0.25, -0.2) is 14.2 Å². The van der Waals surface area contributed by atoms with Crippen molar-refractivity contribution in [3.05, 3.63) is 63.8 Å². The predicted molar refractivity (Wildman–Crippen MR) is 98.3 cm³/mol. The fourth-order valence-corrected chi connectivity index (χ4v) is 2.98. The van der Waals surface area contributed by atoms with E-state index in [1.165, 1.54) is 12.1 Å². The molecule has 2 aromatic carbocycles. The fourth-order valence-electron chi connectivity index (χ4n) is 2.62. The highest BCUT2D eigenvalue weighted by Gasteiger charge is 2.14. The van der Waals surface area contributed by atoms with Crippen LogP contribution < -0.4 is 5.43 Å². The largest absolute Gasteiger partial charge is 0.507 e. The molecule has 0 bridgehead atoms. The summed E-state index contributed by atoms with van der Waals surface area (Å²) in [6.07, 6.45) is 0. The number of carbonyl (C=O) groups excluding carboxylic acids is 1. The van der Waals surface area contributed by atoms with Gasteiger partial charge in [0, 0.05) is 23.0 Å². The summed E-state index contributed by atoms with van der Waals surface area (Å²) in [7, 11) is 1.69. The third kappa shape index (κ3) is 3.32. The molecule has 1 aromatic heterocycles. The monoisotopic (exact) mass is 421 g/mol. The summed E-state index contributed by atoms with van der Waals surface area (Å²) in [5.74, 6) is -2.62. The van der Waals surface area contributed by atoms with Gasteiger partial charge in [0.2, 0.25) is 0 Å². The summed E-state index contributed by atoms with van der Waals surface area (Å²) in [6, 6.07) is 8.34. The van der Waals surface area contributed by atoms with Gasteiger partial charge in [-0.1, -0.05) is 15.9 Å². The SMILES string of the molecule is CC(=NNC(=O)c1cc(Br)ccc1O)c1cc2cc(F)c(F)cc2n1C. The Morgan fingerprint density at radius 3 is 2.62 bits per heavy atom.